The summed E-state index contributed by atoms with van der Waals surface area (Å²) in [7, 11) is 0. The number of nitrogens with zero attached hydrogens (tertiary/aromatic N) is 1. The molecule has 2 aliphatic heterocycles. The molecule has 2 amide bonds. The number of ketones is 1. The third-order valence-electron chi connectivity index (χ3n) is 5.17. The summed E-state index contributed by atoms with van der Waals surface area (Å²) >= 11 is 1.41. The molecule has 4 rings (SSSR count). The maximum atomic E-state index is 12.6. The number of rotatable bonds is 2. The van der Waals surface area contributed by atoms with E-state index in [2.05, 4.69) is 5.32 Å². The molecule has 3 heterocycles. The van der Waals surface area contributed by atoms with Gasteiger partial charge in [0.25, 0.3) is 5.91 Å². The number of benzene rings is 1. The summed E-state index contributed by atoms with van der Waals surface area (Å²) in [5, 5.41) is 12.2. The fraction of sp³-hybridized carbons (Fsp3) is 0.316. The van der Waals surface area contributed by atoms with E-state index >= 15 is 0 Å². The van der Waals surface area contributed by atoms with Crippen molar-refractivity contribution in [2.24, 2.45) is 5.92 Å². The Morgan fingerprint density at radius 3 is 2.73 bits per heavy atom. The van der Waals surface area contributed by atoms with Crippen molar-refractivity contribution in [2.45, 2.75) is 12.8 Å². The third kappa shape index (κ3) is 2.78. The van der Waals surface area contributed by atoms with Gasteiger partial charge < -0.3 is 15.3 Å². The quantitative estimate of drug-likeness (QED) is 0.796. The summed E-state index contributed by atoms with van der Waals surface area (Å²) in [5.41, 5.74) is 2.39. The molecule has 0 unspecified atom stereocenters. The van der Waals surface area contributed by atoms with Gasteiger partial charge in [0.2, 0.25) is 0 Å². The van der Waals surface area contributed by atoms with Gasteiger partial charge in [-0.1, -0.05) is 12.1 Å². The second kappa shape index (κ2) is 6.25. The van der Waals surface area contributed by atoms with Crippen LogP contribution in [0.2, 0.25) is 0 Å². The van der Waals surface area contributed by atoms with Crippen LogP contribution in [0.4, 0.5) is 4.79 Å². The van der Waals surface area contributed by atoms with E-state index in [0.717, 1.165) is 16.0 Å². The lowest BCUT2D eigenvalue weighted by Gasteiger charge is -2.16. The van der Waals surface area contributed by atoms with Crippen molar-refractivity contribution in [2.75, 3.05) is 19.6 Å². The predicted octanol–water partition coefficient (Wildman–Crippen LogP) is 3.05. The molecule has 0 radical (unpaired) electrons. The van der Waals surface area contributed by atoms with E-state index in [1.165, 1.54) is 23.2 Å². The number of Topliss-reactive ketones (excluding diaryl/α,β-unsaturated/α-hetero) is 1. The largest absolute Gasteiger partial charge is 0.465 e. The molecule has 1 aromatic carbocycles. The van der Waals surface area contributed by atoms with Crippen molar-refractivity contribution in [3.63, 3.8) is 0 Å². The topological polar surface area (TPSA) is 86.7 Å². The van der Waals surface area contributed by atoms with Gasteiger partial charge in [-0.25, -0.2) is 4.79 Å². The number of carbonyl (C=O) groups excluding carboxylic acids is 2. The van der Waals surface area contributed by atoms with Crippen molar-refractivity contribution in [1.82, 2.24) is 10.2 Å². The maximum absolute atomic E-state index is 12.6. The monoisotopic (exact) mass is 370 g/mol. The van der Waals surface area contributed by atoms with Gasteiger partial charge in [0, 0.05) is 41.9 Å². The summed E-state index contributed by atoms with van der Waals surface area (Å²) in [4.78, 5) is 38.4. The molecule has 1 saturated heterocycles. The fourth-order valence-corrected chi connectivity index (χ4v) is 4.72. The number of likely N-dealkylation sites (tertiary alicyclic amines) is 1. The lowest BCUT2D eigenvalue weighted by Crippen LogP contribution is -2.31. The second-order valence-corrected chi connectivity index (χ2v) is 7.87. The zero-order valence-corrected chi connectivity index (χ0v) is 15.0. The van der Waals surface area contributed by atoms with Gasteiger partial charge in [-0.15, -0.1) is 11.3 Å². The summed E-state index contributed by atoms with van der Waals surface area (Å²) in [6, 6.07) is 9.43. The number of carbonyl (C=O) groups is 3. The molecule has 0 bridgehead atoms. The van der Waals surface area contributed by atoms with Gasteiger partial charge in [-0.05, 0) is 36.2 Å². The van der Waals surface area contributed by atoms with Gasteiger partial charge in [-0.3, -0.25) is 9.59 Å². The van der Waals surface area contributed by atoms with Crippen molar-refractivity contribution >= 4 is 29.1 Å². The molecule has 0 saturated carbocycles. The summed E-state index contributed by atoms with van der Waals surface area (Å²) in [6.45, 7) is 2.86. The lowest BCUT2D eigenvalue weighted by molar-refractivity contribution is 0.0950. The Hall–Kier alpha value is -2.67. The molecule has 0 spiro atoms. The number of nitrogens with one attached hydrogen (secondary N) is 1. The van der Waals surface area contributed by atoms with Crippen molar-refractivity contribution in [1.29, 1.82) is 0 Å². The third-order valence-corrected chi connectivity index (χ3v) is 6.41. The second-order valence-electron chi connectivity index (χ2n) is 6.79. The van der Waals surface area contributed by atoms with Gasteiger partial charge in [0.1, 0.15) is 0 Å². The van der Waals surface area contributed by atoms with E-state index < -0.39 is 6.09 Å². The van der Waals surface area contributed by atoms with Crippen molar-refractivity contribution in [3.8, 4) is 10.4 Å². The van der Waals surface area contributed by atoms with Gasteiger partial charge in [0.15, 0.2) is 5.78 Å². The molecular weight excluding hydrogens is 352 g/mol. The average molecular weight is 370 g/mol. The minimum Gasteiger partial charge on any atom is -0.465 e. The SMILES string of the molecule is CC(=O)c1ccc(-c2ccc3c(c2)C(=O)NC[C@@H]2CN(C(=O)O)C[C@@H]32)s1. The van der Waals surface area contributed by atoms with Crippen molar-refractivity contribution in [3.05, 3.63) is 46.3 Å². The van der Waals surface area contributed by atoms with Crippen LogP contribution in [0.5, 0.6) is 0 Å². The highest BCUT2D eigenvalue weighted by molar-refractivity contribution is 7.17. The molecule has 2 aliphatic rings. The van der Waals surface area contributed by atoms with Crippen LogP contribution >= 0.6 is 11.3 Å². The number of amides is 2. The molecule has 2 atom stereocenters. The Kier molecular flexibility index (Phi) is 4.03. The summed E-state index contributed by atoms with van der Waals surface area (Å²) < 4.78 is 0. The first-order chi connectivity index (χ1) is 12.4. The number of thiophene rings is 1. The predicted molar refractivity (Wildman–Crippen MR) is 97.9 cm³/mol. The Morgan fingerprint density at radius 1 is 1.23 bits per heavy atom. The van der Waals surface area contributed by atoms with E-state index in [1.54, 1.807) is 6.07 Å². The molecule has 26 heavy (non-hydrogen) atoms. The van der Waals surface area contributed by atoms with Crippen LogP contribution < -0.4 is 5.32 Å². The number of hydrogen-bond acceptors (Lipinski definition) is 4. The molecule has 2 aromatic rings. The summed E-state index contributed by atoms with van der Waals surface area (Å²) in [5.74, 6) is 0.0104. The number of hydrogen-bond donors (Lipinski definition) is 2. The molecule has 0 aliphatic carbocycles. The van der Waals surface area contributed by atoms with E-state index in [-0.39, 0.29) is 23.5 Å². The number of fused-ring (bicyclic) bond motifs is 3. The van der Waals surface area contributed by atoms with Gasteiger partial charge in [0.05, 0.1) is 4.88 Å². The Morgan fingerprint density at radius 2 is 2.04 bits per heavy atom. The Balaban J connectivity index is 1.73. The Labute approximate surface area is 154 Å². The van der Waals surface area contributed by atoms with Crippen LogP contribution in [0, 0.1) is 5.92 Å². The first kappa shape index (κ1) is 16.8. The van der Waals surface area contributed by atoms with Crippen LogP contribution in [0.25, 0.3) is 10.4 Å². The van der Waals surface area contributed by atoms with Crippen LogP contribution in [0.1, 0.15) is 38.4 Å². The first-order valence-corrected chi connectivity index (χ1v) is 9.27. The minimum absolute atomic E-state index is 0.0187. The standard InChI is InChI=1S/C19H18N2O4S/c1-10(22)16-4-5-17(26-16)11-2-3-13-14(6-11)18(23)20-7-12-8-21(19(24)25)9-15(12)13/h2-6,12,15H,7-9H2,1H3,(H,20,23)(H,24,25)/t12-,15-/m1/s1. The molecule has 2 N–H and O–H groups in total. The lowest BCUT2D eigenvalue weighted by atomic mass is 9.86. The van der Waals surface area contributed by atoms with Gasteiger partial charge in [-0.2, -0.15) is 0 Å². The highest BCUT2D eigenvalue weighted by Crippen LogP contribution is 2.38. The normalized spacial score (nSPS) is 21.6. The highest BCUT2D eigenvalue weighted by Gasteiger charge is 2.39. The number of carboxylic acid groups (broad SMARTS) is 1. The first-order valence-electron chi connectivity index (χ1n) is 8.45. The Bertz CT molecular complexity index is 920. The molecular formula is C19H18N2O4S. The highest BCUT2D eigenvalue weighted by atomic mass is 32.1. The fourth-order valence-electron chi connectivity index (χ4n) is 3.82. The van der Waals surface area contributed by atoms with E-state index in [0.29, 0.717) is 30.1 Å². The molecule has 7 heteroatoms. The molecule has 6 nitrogen and oxygen atoms in total. The minimum atomic E-state index is -0.919. The molecule has 1 fully saturated rings. The zero-order valence-electron chi connectivity index (χ0n) is 14.2. The van der Waals surface area contributed by atoms with Crippen LogP contribution in [-0.4, -0.2) is 47.4 Å². The maximum Gasteiger partial charge on any atom is 0.407 e. The van der Waals surface area contributed by atoms with E-state index in [1.807, 2.05) is 24.3 Å². The van der Waals surface area contributed by atoms with Crippen LogP contribution in [-0.2, 0) is 0 Å². The van der Waals surface area contributed by atoms with E-state index in [9.17, 15) is 19.5 Å². The molecule has 1 aromatic heterocycles. The van der Waals surface area contributed by atoms with Crippen LogP contribution in [0.3, 0.4) is 0 Å². The smallest absolute Gasteiger partial charge is 0.407 e. The van der Waals surface area contributed by atoms with Crippen LogP contribution in [0.15, 0.2) is 30.3 Å². The average Bonchev–Trinajstić information content (AvgIpc) is 3.24. The summed E-state index contributed by atoms with van der Waals surface area (Å²) in [6.07, 6.45) is -0.919. The molecule has 134 valence electrons. The van der Waals surface area contributed by atoms with E-state index in [4.69, 9.17) is 0 Å². The van der Waals surface area contributed by atoms with Crippen molar-refractivity contribution < 1.29 is 19.5 Å². The zero-order chi connectivity index (χ0) is 18.4. The van der Waals surface area contributed by atoms with Gasteiger partial charge >= 0.3 is 6.09 Å².